The molecule has 2 heterocycles. The number of anilines is 2. The van der Waals surface area contributed by atoms with Crippen molar-refractivity contribution >= 4 is 17.3 Å². The number of nitrogen functional groups attached to an aromatic ring is 1. The molecular formula is C10H16N6O3. The predicted octanol–water partition coefficient (Wildman–Crippen LogP) is 0.507. The van der Waals surface area contributed by atoms with Gasteiger partial charge in [-0.2, -0.15) is 0 Å². The van der Waals surface area contributed by atoms with Crippen LogP contribution in [0.25, 0.3) is 0 Å². The van der Waals surface area contributed by atoms with Gasteiger partial charge >= 0.3 is 5.69 Å². The summed E-state index contributed by atoms with van der Waals surface area (Å²) in [5, 5.41) is 14.1. The van der Waals surface area contributed by atoms with Crippen molar-refractivity contribution in [3.63, 3.8) is 0 Å². The fraction of sp³-hybridized carbons (Fsp3) is 0.600. The Morgan fingerprint density at radius 2 is 2.32 bits per heavy atom. The Hall–Kier alpha value is -2.00. The summed E-state index contributed by atoms with van der Waals surface area (Å²) in [7, 11) is 0. The highest BCUT2D eigenvalue weighted by Gasteiger charge is 2.27. The number of nitro groups is 1. The third kappa shape index (κ3) is 2.88. The molecule has 1 aromatic rings. The topological polar surface area (TPSA) is 128 Å². The molecule has 0 radical (unpaired) electrons. The number of nitrogens with one attached hydrogen (secondary N) is 2. The van der Waals surface area contributed by atoms with Crippen molar-refractivity contribution < 1.29 is 9.66 Å². The molecular weight excluding hydrogens is 252 g/mol. The quantitative estimate of drug-likeness (QED) is 0.400. The molecule has 0 aliphatic carbocycles. The van der Waals surface area contributed by atoms with Gasteiger partial charge in [0.05, 0.1) is 11.5 Å². The standard InChI is InChI=1S/C10H16N6O3/c1-6(7-2-3-19-4-7)14-9-8(16(17)18)10(15-11)13-5-12-9/h5-7H,2-4,11H2,1H3,(H2,12,13,14,15). The van der Waals surface area contributed by atoms with E-state index in [1.165, 1.54) is 6.33 Å². The van der Waals surface area contributed by atoms with Gasteiger partial charge in [0.1, 0.15) is 6.33 Å². The molecule has 0 saturated carbocycles. The summed E-state index contributed by atoms with van der Waals surface area (Å²) in [6.45, 7) is 3.31. The van der Waals surface area contributed by atoms with Gasteiger partial charge in [0.25, 0.3) is 0 Å². The van der Waals surface area contributed by atoms with Gasteiger partial charge in [0.15, 0.2) is 0 Å². The van der Waals surface area contributed by atoms with E-state index in [0.717, 1.165) is 13.0 Å². The lowest BCUT2D eigenvalue weighted by atomic mass is 10.0. The molecule has 0 amide bonds. The van der Waals surface area contributed by atoms with Gasteiger partial charge in [-0.05, 0) is 13.3 Å². The molecule has 1 aliphatic heterocycles. The molecule has 104 valence electrons. The summed E-state index contributed by atoms with van der Waals surface area (Å²) in [6, 6.07) is 0.0155. The fourth-order valence-electron chi connectivity index (χ4n) is 2.04. The van der Waals surface area contributed by atoms with Crippen molar-refractivity contribution in [2.45, 2.75) is 19.4 Å². The van der Waals surface area contributed by atoms with E-state index in [1.54, 1.807) is 0 Å². The van der Waals surface area contributed by atoms with Crippen LogP contribution in [-0.2, 0) is 4.74 Å². The van der Waals surface area contributed by atoms with Crippen LogP contribution in [-0.4, -0.2) is 34.1 Å². The van der Waals surface area contributed by atoms with Crippen LogP contribution < -0.4 is 16.6 Å². The zero-order chi connectivity index (χ0) is 13.8. The Kier molecular flexibility index (Phi) is 4.07. The number of hydrogen-bond acceptors (Lipinski definition) is 8. The number of nitrogens with zero attached hydrogens (tertiary/aromatic N) is 3. The lowest BCUT2D eigenvalue weighted by Gasteiger charge is -2.19. The Bertz CT molecular complexity index is 463. The average Bonchev–Trinajstić information content (AvgIpc) is 2.92. The Balaban J connectivity index is 2.21. The molecule has 2 unspecified atom stereocenters. The molecule has 1 saturated heterocycles. The molecule has 4 N–H and O–H groups in total. The monoisotopic (exact) mass is 268 g/mol. The Morgan fingerprint density at radius 3 is 2.89 bits per heavy atom. The summed E-state index contributed by atoms with van der Waals surface area (Å²) in [5.41, 5.74) is 1.95. The zero-order valence-corrected chi connectivity index (χ0v) is 10.5. The fourth-order valence-corrected chi connectivity index (χ4v) is 2.04. The van der Waals surface area contributed by atoms with Crippen LogP contribution in [0.3, 0.4) is 0 Å². The smallest absolute Gasteiger partial charge is 0.354 e. The van der Waals surface area contributed by atoms with Crippen LogP contribution in [0.5, 0.6) is 0 Å². The number of rotatable bonds is 5. The normalized spacial score (nSPS) is 20.0. The zero-order valence-electron chi connectivity index (χ0n) is 10.5. The molecule has 0 bridgehead atoms. The van der Waals surface area contributed by atoms with Gasteiger partial charge in [-0.15, -0.1) is 0 Å². The third-order valence-corrected chi connectivity index (χ3v) is 3.18. The van der Waals surface area contributed by atoms with Crippen LogP contribution in [0.2, 0.25) is 0 Å². The summed E-state index contributed by atoms with van der Waals surface area (Å²) in [5.74, 6) is 5.67. The van der Waals surface area contributed by atoms with E-state index in [1.807, 2.05) is 6.92 Å². The molecule has 0 aromatic carbocycles. The number of aromatic nitrogens is 2. The highest BCUT2D eigenvalue weighted by atomic mass is 16.6. The molecule has 0 spiro atoms. The molecule has 9 heteroatoms. The van der Waals surface area contributed by atoms with Crippen molar-refractivity contribution in [2.24, 2.45) is 11.8 Å². The minimum absolute atomic E-state index is 0.0155. The van der Waals surface area contributed by atoms with Crippen LogP contribution in [0, 0.1) is 16.0 Å². The lowest BCUT2D eigenvalue weighted by Crippen LogP contribution is -2.27. The molecule has 9 nitrogen and oxygen atoms in total. The molecule has 1 aliphatic rings. The van der Waals surface area contributed by atoms with Crippen LogP contribution >= 0.6 is 0 Å². The second-order valence-corrected chi connectivity index (χ2v) is 4.38. The van der Waals surface area contributed by atoms with Crippen molar-refractivity contribution in [2.75, 3.05) is 24.0 Å². The highest BCUT2D eigenvalue weighted by molar-refractivity contribution is 5.69. The SMILES string of the molecule is CC(Nc1ncnc(NN)c1[N+](=O)[O-])C1CCOC1. The first-order valence-corrected chi connectivity index (χ1v) is 5.93. The largest absolute Gasteiger partial charge is 0.381 e. The first-order chi connectivity index (χ1) is 9.13. The first kappa shape index (κ1) is 13.4. The van der Waals surface area contributed by atoms with Crippen LogP contribution in [0.1, 0.15) is 13.3 Å². The average molecular weight is 268 g/mol. The maximum atomic E-state index is 11.1. The van der Waals surface area contributed by atoms with Crippen molar-refractivity contribution in [3.05, 3.63) is 16.4 Å². The summed E-state index contributed by atoms with van der Waals surface area (Å²) >= 11 is 0. The van der Waals surface area contributed by atoms with Gasteiger partial charge in [0.2, 0.25) is 11.6 Å². The first-order valence-electron chi connectivity index (χ1n) is 5.93. The minimum atomic E-state index is -0.560. The van der Waals surface area contributed by atoms with Crippen LogP contribution in [0.15, 0.2) is 6.33 Å². The Labute approximate surface area is 109 Å². The van der Waals surface area contributed by atoms with E-state index in [0.29, 0.717) is 12.5 Å². The molecule has 1 fully saturated rings. The summed E-state index contributed by atoms with van der Waals surface area (Å²) in [6.07, 6.45) is 2.15. The second kappa shape index (κ2) is 5.76. The Morgan fingerprint density at radius 1 is 1.58 bits per heavy atom. The van der Waals surface area contributed by atoms with Crippen molar-refractivity contribution in [3.8, 4) is 0 Å². The maximum absolute atomic E-state index is 11.1. The lowest BCUT2D eigenvalue weighted by molar-refractivity contribution is -0.383. The van der Waals surface area contributed by atoms with Crippen LogP contribution in [0.4, 0.5) is 17.3 Å². The molecule has 2 rings (SSSR count). The second-order valence-electron chi connectivity index (χ2n) is 4.38. The predicted molar refractivity (Wildman–Crippen MR) is 68.5 cm³/mol. The van der Waals surface area contributed by atoms with E-state index in [-0.39, 0.29) is 23.4 Å². The summed E-state index contributed by atoms with van der Waals surface area (Å²) < 4.78 is 5.30. The van der Waals surface area contributed by atoms with Gasteiger partial charge in [0, 0.05) is 18.6 Å². The van der Waals surface area contributed by atoms with Gasteiger partial charge in [-0.25, -0.2) is 15.8 Å². The molecule has 1 aromatic heterocycles. The van der Waals surface area contributed by atoms with E-state index >= 15 is 0 Å². The molecule has 2 atom stereocenters. The van der Waals surface area contributed by atoms with Gasteiger partial charge < -0.3 is 15.5 Å². The number of hydrazine groups is 1. The van der Waals surface area contributed by atoms with E-state index in [9.17, 15) is 10.1 Å². The molecule has 19 heavy (non-hydrogen) atoms. The van der Waals surface area contributed by atoms with Crippen molar-refractivity contribution in [1.82, 2.24) is 9.97 Å². The van der Waals surface area contributed by atoms with Crippen molar-refractivity contribution in [1.29, 1.82) is 0 Å². The summed E-state index contributed by atoms with van der Waals surface area (Å²) in [4.78, 5) is 18.2. The third-order valence-electron chi connectivity index (χ3n) is 3.18. The number of ether oxygens (including phenoxy) is 1. The van der Waals surface area contributed by atoms with E-state index in [2.05, 4.69) is 20.7 Å². The highest BCUT2D eigenvalue weighted by Crippen LogP contribution is 2.30. The maximum Gasteiger partial charge on any atom is 0.354 e. The number of hydrogen-bond donors (Lipinski definition) is 3. The number of nitrogens with two attached hydrogens (primary N) is 1. The van der Waals surface area contributed by atoms with Gasteiger partial charge in [-0.1, -0.05) is 0 Å². The van der Waals surface area contributed by atoms with E-state index < -0.39 is 4.92 Å². The minimum Gasteiger partial charge on any atom is -0.381 e. The van der Waals surface area contributed by atoms with E-state index in [4.69, 9.17) is 10.6 Å². The van der Waals surface area contributed by atoms with Gasteiger partial charge in [-0.3, -0.25) is 10.1 Å².